The van der Waals surface area contributed by atoms with Crippen LogP contribution in [0.1, 0.15) is 32.6 Å². The van der Waals surface area contributed by atoms with E-state index < -0.39 is 5.41 Å². The van der Waals surface area contributed by atoms with Crippen molar-refractivity contribution in [1.82, 2.24) is 0 Å². The summed E-state index contributed by atoms with van der Waals surface area (Å²) >= 11 is 1.29. The van der Waals surface area contributed by atoms with E-state index >= 15 is 0 Å². The minimum absolute atomic E-state index is 0.210. The van der Waals surface area contributed by atoms with Crippen LogP contribution in [0, 0.1) is 5.41 Å². The van der Waals surface area contributed by atoms with Gasteiger partial charge in [0.05, 0.1) is 5.41 Å². The van der Waals surface area contributed by atoms with Crippen molar-refractivity contribution in [2.24, 2.45) is 5.41 Å². The van der Waals surface area contributed by atoms with E-state index in [0.717, 1.165) is 4.88 Å². The SMILES string of the molecule is CC(=O)Oc1ccc(COC(=O)C(C)(C)C)s1. The average molecular weight is 256 g/mol. The summed E-state index contributed by atoms with van der Waals surface area (Å²) < 4.78 is 10.0. The predicted octanol–water partition coefficient (Wildman–Crippen LogP) is 2.76. The molecule has 0 atom stereocenters. The van der Waals surface area contributed by atoms with Crippen LogP contribution in [0.4, 0.5) is 0 Å². The van der Waals surface area contributed by atoms with Crippen LogP contribution in [0.5, 0.6) is 5.06 Å². The molecule has 0 aromatic carbocycles. The first-order valence-electron chi connectivity index (χ1n) is 5.23. The van der Waals surface area contributed by atoms with Crippen molar-refractivity contribution >= 4 is 23.3 Å². The van der Waals surface area contributed by atoms with Gasteiger partial charge in [-0.1, -0.05) is 11.3 Å². The van der Waals surface area contributed by atoms with Gasteiger partial charge in [-0.05, 0) is 32.9 Å². The van der Waals surface area contributed by atoms with Gasteiger partial charge in [-0.25, -0.2) is 0 Å². The number of thiophene rings is 1. The monoisotopic (exact) mass is 256 g/mol. The summed E-state index contributed by atoms with van der Waals surface area (Å²) in [5.74, 6) is -0.606. The first-order chi connectivity index (χ1) is 7.79. The molecule has 5 heteroatoms. The topological polar surface area (TPSA) is 52.6 Å². The fourth-order valence-electron chi connectivity index (χ4n) is 0.986. The minimum Gasteiger partial charge on any atom is -0.460 e. The quantitative estimate of drug-likeness (QED) is 0.780. The number of carbonyl (C=O) groups is 2. The minimum atomic E-state index is -0.504. The lowest BCUT2D eigenvalue weighted by molar-refractivity contribution is -0.154. The molecular weight excluding hydrogens is 240 g/mol. The standard InChI is InChI=1S/C12H16O4S/c1-8(13)16-10-6-5-9(17-10)7-15-11(14)12(2,3)4/h5-6H,7H2,1-4H3. The average Bonchev–Trinajstić information content (AvgIpc) is 2.59. The van der Waals surface area contributed by atoms with Gasteiger partial charge < -0.3 is 9.47 Å². The molecule has 0 bridgehead atoms. The maximum atomic E-state index is 11.5. The van der Waals surface area contributed by atoms with Crippen LogP contribution in [0.2, 0.25) is 0 Å². The molecule has 1 rings (SSSR count). The van der Waals surface area contributed by atoms with Crippen molar-refractivity contribution in [3.8, 4) is 5.06 Å². The Morgan fingerprint density at radius 2 is 1.94 bits per heavy atom. The Hall–Kier alpha value is -1.36. The molecule has 0 radical (unpaired) electrons. The molecule has 0 unspecified atom stereocenters. The first kappa shape index (κ1) is 13.7. The van der Waals surface area contributed by atoms with Gasteiger partial charge in [0, 0.05) is 11.8 Å². The lowest BCUT2D eigenvalue weighted by Gasteiger charge is -2.15. The molecule has 4 nitrogen and oxygen atoms in total. The van der Waals surface area contributed by atoms with E-state index in [9.17, 15) is 9.59 Å². The highest BCUT2D eigenvalue weighted by molar-refractivity contribution is 7.13. The van der Waals surface area contributed by atoms with E-state index in [4.69, 9.17) is 9.47 Å². The second-order valence-corrected chi connectivity index (χ2v) is 5.77. The van der Waals surface area contributed by atoms with Gasteiger partial charge in [0.1, 0.15) is 6.61 Å². The zero-order valence-electron chi connectivity index (χ0n) is 10.4. The Balaban J connectivity index is 2.50. The van der Waals surface area contributed by atoms with E-state index in [1.807, 2.05) is 0 Å². The van der Waals surface area contributed by atoms with Gasteiger partial charge >= 0.3 is 11.9 Å². The highest BCUT2D eigenvalue weighted by Gasteiger charge is 2.23. The molecule has 0 saturated heterocycles. The van der Waals surface area contributed by atoms with Crippen molar-refractivity contribution in [2.45, 2.75) is 34.3 Å². The van der Waals surface area contributed by atoms with Crippen molar-refractivity contribution in [3.63, 3.8) is 0 Å². The zero-order valence-corrected chi connectivity index (χ0v) is 11.2. The highest BCUT2D eigenvalue weighted by Crippen LogP contribution is 2.26. The normalized spacial score (nSPS) is 11.1. The summed E-state index contributed by atoms with van der Waals surface area (Å²) in [7, 11) is 0. The number of hydrogen-bond acceptors (Lipinski definition) is 5. The van der Waals surface area contributed by atoms with Crippen LogP contribution in [0.3, 0.4) is 0 Å². The summed E-state index contributed by atoms with van der Waals surface area (Å²) in [6.45, 7) is 6.96. The lowest BCUT2D eigenvalue weighted by atomic mass is 9.97. The fraction of sp³-hybridized carbons (Fsp3) is 0.500. The van der Waals surface area contributed by atoms with Crippen molar-refractivity contribution in [2.75, 3.05) is 0 Å². The maximum absolute atomic E-state index is 11.5. The number of hydrogen-bond donors (Lipinski definition) is 0. The molecule has 0 spiro atoms. The zero-order chi connectivity index (χ0) is 13.1. The number of rotatable bonds is 3. The molecule has 0 aliphatic carbocycles. The highest BCUT2D eigenvalue weighted by atomic mass is 32.1. The van der Waals surface area contributed by atoms with E-state index in [2.05, 4.69) is 0 Å². The summed E-state index contributed by atoms with van der Waals surface area (Å²) in [4.78, 5) is 23.1. The Morgan fingerprint density at radius 3 is 2.47 bits per heavy atom. The van der Waals surface area contributed by atoms with Crippen LogP contribution < -0.4 is 4.74 Å². The Labute approximate surface area is 105 Å². The number of esters is 2. The Bertz CT molecular complexity index is 414. The molecule has 0 aliphatic heterocycles. The summed E-state index contributed by atoms with van der Waals surface area (Å²) in [6.07, 6.45) is 0. The third-order valence-electron chi connectivity index (χ3n) is 1.84. The van der Waals surface area contributed by atoms with E-state index in [0.29, 0.717) is 5.06 Å². The number of ether oxygens (including phenoxy) is 2. The molecule has 0 fully saturated rings. The van der Waals surface area contributed by atoms with Crippen molar-refractivity contribution in [1.29, 1.82) is 0 Å². The lowest BCUT2D eigenvalue weighted by Crippen LogP contribution is -2.22. The third-order valence-corrected chi connectivity index (χ3v) is 2.78. The van der Waals surface area contributed by atoms with Crippen LogP contribution in [-0.4, -0.2) is 11.9 Å². The Morgan fingerprint density at radius 1 is 1.29 bits per heavy atom. The van der Waals surface area contributed by atoms with Crippen LogP contribution >= 0.6 is 11.3 Å². The first-order valence-corrected chi connectivity index (χ1v) is 6.05. The fourth-order valence-corrected chi connectivity index (χ4v) is 1.79. The molecule has 0 N–H and O–H groups in total. The van der Waals surface area contributed by atoms with E-state index in [1.54, 1.807) is 32.9 Å². The van der Waals surface area contributed by atoms with Gasteiger partial charge in [-0.15, -0.1) is 0 Å². The molecule has 94 valence electrons. The van der Waals surface area contributed by atoms with E-state index in [1.165, 1.54) is 18.3 Å². The van der Waals surface area contributed by atoms with E-state index in [-0.39, 0.29) is 18.5 Å². The van der Waals surface area contributed by atoms with Crippen molar-refractivity contribution in [3.05, 3.63) is 17.0 Å². The molecule has 0 aliphatic rings. The molecule has 0 saturated carbocycles. The second-order valence-electron chi connectivity index (χ2n) is 4.64. The third kappa shape index (κ3) is 4.56. The molecule has 1 heterocycles. The van der Waals surface area contributed by atoms with Crippen LogP contribution in [-0.2, 0) is 20.9 Å². The van der Waals surface area contributed by atoms with Gasteiger partial charge in [-0.3, -0.25) is 9.59 Å². The molecule has 0 amide bonds. The summed E-state index contributed by atoms with van der Waals surface area (Å²) in [6, 6.07) is 3.46. The van der Waals surface area contributed by atoms with Gasteiger partial charge in [0.25, 0.3) is 0 Å². The van der Waals surface area contributed by atoms with Gasteiger partial charge in [0.2, 0.25) is 0 Å². The molecule has 17 heavy (non-hydrogen) atoms. The summed E-state index contributed by atoms with van der Waals surface area (Å²) in [5, 5.41) is 0.513. The van der Waals surface area contributed by atoms with Gasteiger partial charge in [0.15, 0.2) is 5.06 Å². The van der Waals surface area contributed by atoms with Gasteiger partial charge in [-0.2, -0.15) is 0 Å². The summed E-state index contributed by atoms with van der Waals surface area (Å²) in [5.41, 5.74) is -0.504. The Kier molecular flexibility index (Phi) is 4.28. The van der Waals surface area contributed by atoms with Crippen LogP contribution in [0.25, 0.3) is 0 Å². The second kappa shape index (κ2) is 5.31. The van der Waals surface area contributed by atoms with Crippen molar-refractivity contribution < 1.29 is 19.1 Å². The largest absolute Gasteiger partial charge is 0.460 e. The molecular formula is C12H16O4S. The number of carbonyl (C=O) groups excluding carboxylic acids is 2. The molecule has 1 aromatic rings. The smallest absolute Gasteiger partial charge is 0.311 e. The predicted molar refractivity (Wildman–Crippen MR) is 64.9 cm³/mol. The van der Waals surface area contributed by atoms with Crippen LogP contribution in [0.15, 0.2) is 12.1 Å². The maximum Gasteiger partial charge on any atom is 0.311 e. The molecule has 1 aromatic heterocycles.